The van der Waals surface area contributed by atoms with Gasteiger partial charge in [-0.05, 0) is 12.8 Å². The Balaban J connectivity index is 2.46. The third kappa shape index (κ3) is 4.59. The minimum Gasteiger partial charge on any atom is -0.385 e. The number of hydrogen-bond acceptors (Lipinski definition) is 3. The van der Waals surface area contributed by atoms with Crippen LogP contribution in [0.4, 0.5) is 13.6 Å². The van der Waals surface area contributed by atoms with E-state index in [0.717, 1.165) is 0 Å². The van der Waals surface area contributed by atoms with E-state index in [0.29, 0.717) is 19.4 Å². The number of amides is 3. The van der Waals surface area contributed by atoms with Crippen molar-refractivity contribution in [2.24, 2.45) is 5.92 Å². The largest absolute Gasteiger partial charge is 0.385 e. The van der Waals surface area contributed by atoms with Gasteiger partial charge in [0, 0.05) is 33.7 Å². The van der Waals surface area contributed by atoms with Gasteiger partial charge < -0.3 is 20.2 Å². The molecule has 0 spiro atoms. The molecule has 2 unspecified atom stereocenters. The molecule has 2 N–H and O–H groups in total. The number of alkyl halides is 2. The third-order valence-electron chi connectivity index (χ3n) is 3.22. The second-order valence-corrected chi connectivity index (χ2v) is 5.11. The van der Waals surface area contributed by atoms with Gasteiger partial charge in [0.25, 0.3) is 6.43 Å². The summed E-state index contributed by atoms with van der Waals surface area (Å²) in [4.78, 5) is 26.6. The predicted octanol–water partition coefficient (Wildman–Crippen LogP) is 0.122. The van der Waals surface area contributed by atoms with Crippen LogP contribution in [0.3, 0.4) is 0 Å². The Morgan fingerprint density at radius 1 is 1.45 bits per heavy atom. The number of halogens is 2. The smallest absolute Gasteiger partial charge is 0.319 e. The fraction of sp³-hybridized carbons (Fsp3) is 0.833. The normalized spacial score (nSPS) is 20.7. The van der Waals surface area contributed by atoms with Gasteiger partial charge in [-0.3, -0.25) is 4.79 Å². The summed E-state index contributed by atoms with van der Waals surface area (Å²) in [7, 11) is 3.26. The van der Waals surface area contributed by atoms with Gasteiger partial charge in [0.15, 0.2) is 0 Å². The fourth-order valence-electron chi connectivity index (χ4n) is 2.09. The lowest BCUT2D eigenvalue weighted by Crippen LogP contribution is -2.49. The van der Waals surface area contributed by atoms with Crippen LogP contribution in [0.2, 0.25) is 0 Å². The zero-order valence-corrected chi connectivity index (χ0v) is 11.7. The standard InChI is InChI=1S/C12H21F2N3O3/c1-16(2)12(20)17-5-3-4-8(7-17)11(19)15-6-9(18)10(13)14/h8-10,18H,3-7H2,1-2H3,(H,15,19). The average Bonchev–Trinajstić information content (AvgIpc) is 2.43. The minimum atomic E-state index is -2.88. The molecular weight excluding hydrogens is 272 g/mol. The Morgan fingerprint density at radius 3 is 2.65 bits per heavy atom. The van der Waals surface area contributed by atoms with Crippen molar-refractivity contribution in [2.75, 3.05) is 33.7 Å². The van der Waals surface area contributed by atoms with Crippen molar-refractivity contribution < 1.29 is 23.5 Å². The number of rotatable bonds is 4. The first-order chi connectivity index (χ1) is 9.32. The lowest BCUT2D eigenvalue weighted by molar-refractivity contribution is -0.127. The summed E-state index contributed by atoms with van der Waals surface area (Å²) in [5, 5.41) is 11.3. The molecule has 3 amide bonds. The summed E-state index contributed by atoms with van der Waals surface area (Å²) < 4.78 is 24.2. The molecule has 0 aliphatic carbocycles. The number of carbonyl (C=O) groups excluding carboxylic acids is 2. The Morgan fingerprint density at radius 2 is 2.10 bits per heavy atom. The van der Waals surface area contributed by atoms with Crippen LogP contribution < -0.4 is 5.32 Å². The first kappa shape index (κ1) is 16.6. The quantitative estimate of drug-likeness (QED) is 0.773. The molecule has 0 aromatic carbocycles. The Kier molecular flexibility index (Phi) is 6.12. The van der Waals surface area contributed by atoms with Gasteiger partial charge in [0.1, 0.15) is 6.10 Å². The summed E-state index contributed by atoms with van der Waals surface area (Å²) in [6, 6.07) is -0.171. The summed E-state index contributed by atoms with van der Waals surface area (Å²) in [5.74, 6) is -0.821. The first-order valence-corrected chi connectivity index (χ1v) is 6.53. The summed E-state index contributed by atoms with van der Waals surface area (Å²) in [6.45, 7) is 0.378. The number of nitrogens with zero attached hydrogens (tertiary/aromatic N) is 2. The zero-order chi connectivity index (χ0) is 15.3. The molecule has 1 saturated heterocycles. The molecule has 0 radical (unpaired) electrons. The lowest BCUT2D eigenvalue weighted by Gasteiger charge is -2.33. The van der Waals surface area contributed by atoms with E-state index in [4.69, 9.17) is 5.11 Å². The maximum atomic E-state index is 12.1. The third-order valence-corrected chi connectivity index (χ3v) is 3.22. The molecule has 0 aromatic rings. The van der Waals surface area contributed by atoms with Crippen LogP contribution >= 0.6 is 0 Å². The highest BCUT2D eigenvalue weighted by molar-refractivity contribution is 5.80. The van der Waals surface area contributed by atoms with E-state index in [9.17, 15) is 18.4 Å². The maximum Gasteiger partial charge on any atom is 0.319 e. The van der Waals surface area contributed by atoms with Gasteiger partial charge in [0.05, 0.1) is 5.92 Å². The predicted molar refractivity (Wildman–Crippen MR) is 68.4 cm³/mol. The van der Waals surface area contributed by atoms with E-state index in [1.165, 1.54) is 4.90 Å². The Bertz CT molecular complexity index is 353. The Hall–Kier alpha value is -1.44. The highest BCUT2D eigenvalue weighted by atomic mass is 19.3. The van der Waals surface area contributed by atoms with Crippen molar-refractivity contribution in [1.29, 1.82) is 0 Å². The highest BCUT2D eigenvalue weighted by Gasteiger charge is 2.29. The van der Waals surface area contributed by atoms with E-state index in [-0.39, 0.29) is 12.6 Å². The van der Waals surface area contributed by atoms with Crippen LogP contribution in [-0.2, 0) is 4.79 Å². The van der Waals surface area contributed by atoms with E-state index in [1.807, 2.05) is 0 Å². The van der Waals surface area contributed by atoms with Gasteiger partial charge in [-0.15, -0.1) is 0 Å². The first-order valence-electron chi connectivity index (χ1n) is 6.53. The molecule has 2 atom stereocenters. The van der Waals surface area contributed by atoms with Crippen LogP contribution in [0, 0.1) is 5.92 Å². The number of nitrogens with one attached hydrogen (secondary N) is 1. The minimum absolute atomic E-state index is 0.171. The number of hydrogen-bond donors (Lipinski definition) is 2. The molecule has 116 valence electrons. The number of aliphatic hydroxyl groups excluding tert-OH is 1. The van der Waals surface area contributed by atoms with Crippen molar-refractivity contribution in [1.82, 2.24) is 15.1 Å². The van der Waals surface area contributed by atoms with Crippen LogP contribution in [0.15, 0.2) is 0 Å². The second-order valence-electron chi connectivity index (χ2n) is 5.11. The summed E-state index contributed by atoms with van der Waals surface area (Å²) in [6.07, 6.45) is -3.45. The molecular formula is C12H21F2N3O3. The van der Waals surface area contributed by atoms with Gasteiger partial charge in [-0.25, -0.2) is 13.6 Å². The van der Waals surface area contributed by atoms with E-state index >= 15 is 0 Å². The summed E-state index contributed by atoms with van der Waals surface area (Å²) >= 11 is 0. The van der Waals surface area contributed by atoms with Gasteiger partial charge in [-0.1, -0.05) is 0 Å². The molecule has 1 aliphatic heterocycles. The highest BCUT2D eigenvalue weighted by Crippen LogP contribution is 2.17. The number of urea groups is 1. The van der Waals surface area contributed by atoms with Crippen molar-refractivity contribution in [2.45, 2.75) is 25.4 Å². The van der Waals surface area contributed by atoms with Gasteiger partial charge >= 0.3 is 6.03 Å². The molecule has 1 heterocycles. The topological polar surface area (TPSA) is 72.9 Å². The van der Waals surface area contributed by atoms with Crippen molar-refractivity contribution in [3.8, 4) is 0 Å². The SMILES string of the molecule is CN(C)C(=O)N1CCCC(C(=O)NCC(O)C(F)F)C1. The van der Waals surface area contributed by atoms with Crippen LogP contribution in [-0.4, -0.2) is 73.1 Å². The van der Waals surface area contributed by atoms with Crippen LogP contribution in [0.25, 0.3) is 0 Å². The molecule has 0 bridgehead atoms. The zero-order valence-electron chi connectivity index (χ0n) is 11.7. The number of piperidine rings is 1. The molecule has 1 fully saturated rings. The number of carbonyl (C=O) groups is 2. The van der Waals surface area contributed by atoms with Crippen molar-refractivity contribution in [3.63, 3.8) is 0 Å². The van der Waals surface area contributed by atoms with Gasteiger partial charge in [-0.2, -0.15) is 0 Å². The monoisotopic (exact) mass is 293 g/mol. The Labute approximate surface area is 116 Å². The molecule has 0 aromatic heterocycles. The molecule has 0 saturated carbocycles. The average molecular weight is 293 g/mol. The van der Waals surface area contributed by atoms with Gasteiger partial charge in [0.2, 0.25) is 5.91 Å². The van der Waals surface area contributed by atoms with E-state index in [1.54, 1.807) is 19.0 Å². The molecule has 1 aliphatic rings. The van der Waals surface area contributed by atoms with Crippen molar-refractivity contribution >= 4 is 11.9 Å². The summed E-state index contributed by atoms with van der Waals surface area (Å²) in [5.41, 5.74) is 0. The van der Waals surface area contributed by atoms with E-state index in [2.05, 4.69) is 5.32 Å². The molecule has 6 nitrogen and oxygen atoms in total. The second kappa shape index (κ2) is 7.37. The molecule has 20 heavy (non-hydrogen) atoms. The lowest BCUT2D eigenvalue weighted by atomic mass is 9.97. The molecule has 1 rings (SSSR count). The van der Waals surface area contributed by atoms with Crippen molar-refractivity contribution in [3.05, 3.63) is 0 Å². The number of aliphatic hydroxyl groups is 1. The maximum absolute atomic E-state index is 12.1. The fourth-order valence-corrected chi connectivity index (χ4v) is 2.09. The van der Waals surface area contributed by atoms with Crippen LogP contribution in [0.1, 0.15) is 12.8 Å². The number of likely N-dealkylation sites (tertiary alicyclic amines) is 1. The van der Waals surface area contributed by atoms with Crippen LogP contribution in [0.5, 0.6) is 0 Å². The molecule has 8 heteroatoms. The van der Waals surface area contributed by atoms with E-state index < -0.39 is 30.9 Å².